The first-order valence-electron chi connectivity index (χ1n) is 6.04. The zero-order valence-corrected chi connectivity index (χ0v) is 11.5. The molecule has 1 atom stereocenters. The van der Waals surface area contributed by atoms with Crippen molar-refractivity contribution in [3.63, 3.8) is 0 Å². The van der Waals surface area contributed by atoms with Crippen molar-refractivity contribution in [2.45, 2.75) is 33.5 Å². The van der Waals surface area contributed by atoms with Crippen molar-refractivity contribution in [3.8, 4) is 18.1 Å². The standard InChI is InChI=1S/C16H18O3/c1-5-13(4)19-15-8-6-14(7-9-15)11-18-16(17)10-12(2)3/h1,6-10,13H,11H2,2-4H3/t13-/m1/s1. The Morgan fingerprint density at radius 3 is 2.53 bits per heavy atom. The highest BCUT2D eigenvalue weighted by Crippen LogP contribution is 2.14. The van der Waals surface area contributed by atoms with Gasteiger partial charge in [-0.05, 0) is 38.5 Å². The minimum Gasteiger partial charge on any atom is -0.478 e. The van der Waals surface area contributed by atoms with Crippen LogP contribution in [-0.4, -0.2) is 12.1 Å². The molecule has 1 aromatic carbocycles. The molecule has 0 saturated heterocycles. The third kappa shape index (κ3) is 5.78. The quantitative estimate of drug-likeness (QED) is 0.462. The molecule has 0 aromatic heterocycles. The number of terminal acetylenes is 1. The van der Waals surface area contributed by atoms with Crippen LogP contribution in [0.5, 0.6) is 5.75 Å². The number of ether oxygens (including phenoxy) is 2. The highest BCUT2D eigenvalue weighted by atomic mass is 16.5. The maximum absolute atomic E-state index is 11.3. The normalized spacial score (nSPS) is 11.1. The van der Waals surface area contributed by atoms with Crippen LogP contribution in [0.1, 0.15) is 26.3 Å². The Kier molecular flexibility index (Phi) is 5.69. The van der Waals surface area contributed by atoms with Gasteiger partial charge in [0.1, 0.15) is 12.4 Å². The molecule has 3 heteroatoms. The van der Waals surface area contributed by atoms with Crippen LogP contribution in [0.3, 0.4) is 0 Å². The van der Waals surface area contributed by atoms with Gasteiger partial charge in [-0.15, -0.1) is 6.42 Å². The van der Waals surface area contributed by atoms with Gasteiger partial charge in [-0.3, -0.25) is 0 Å². The second-order valence-electron chi connectivity index (χ2n) is 4.40. The van der Waals surface area contributed by atoms with E-state index in [0.717, 1.165) is 11.1 Å². The molecule has 3 nitrogen and oxygen atoms in total. The number of carbonyl (C=O) groups is 1. The molecule has 0 radical (unpaired) electrons. The van der Waals surface area contributed by atoms with Crippen molar-refractivity contribution in [3.05, 3.63) is 41.5 Å². The van der Waals surface area contributed by atoms with Crippen molar-refractivity contribution < 1.29 is 14.3 Å². The van der Waals surface area contributed by atoms with E-state index in [2.05, 4.69) is 5.92 Å². The number of rotatable bonds is 5. The Morgan fingerprint density at radius 2 is 2.00 bits per heavy atom. The highest BCUT2D eigenvalue weighted by Gasteiger charge is 2.02. The topological polar surface area (TPSA) is 35.5 Å². The lowest BCUT2D eigenvalue weighted by Gasteiger charge is -2.09. The molecule has 0 bridgehead atoms. The molecular formula is C16H18O3. The largest absolute Gasteiger partial charge is 0.478 e. The van der Waals surface area contributed by atoms with Gasteiger partial charge in [-0.25, -0.2) is 4.79 Å². The second kappa shape index (κ2) is 7.27. The Morgan fingerprint density at radius 1 is 1.37 bits per heavy atom. The Labute approximate surface area is 114 Å². The summed E-state index contributed by atoms with van der Waals surface area (Å²) in [5, 5.41) is 0. The van der Waals surface area contributed by atoms with Gasteiger partial charge in [0, 0.05) is 6.08 Å². The van der Waals surface area contributed by atoms with Crippen LogP contribution in [0, 0.1) is 12.3 Å². The molecule has 0 aliphatic rings. The fraction of sp³-hybridized carbons (Fsp3) is 0.312. The number of benzene rings is 1. The first kappa shape index (κ1) is 14.8. The zero-order valence-electron chi connectivity index (χ0n) is 11.5. The van der Waals surface area contributed by atoms with Gasteiger partial charge in [0.05, 0.1) is 0 Å². The van der Waals surface area contributed by atoms with Crippen molar-refractivity contribution >= 4 is 5.97 Å². The molecule has 0 unspecified atom stereocenters. The summed E-state index contributed by atoms with van der Waals surface area (Å²) in [4.78, 5) is 11.3. The fourth-order valence-electron chi connectivity index (χ4n) is 1.33. The Hall–Kier alpha value is -2.21. The average molecular weight is 258 g/mol. The molecule has 100 valence electrons. The molecule has 1 aromatic rings. The molecule has 0 saturated carbocycles. The van der Waals surface area contributed by atoms with Crippen LogP contribution in [0.15, 0.2) is 35.9 Å². The molecule has 0 fully saturated rings. The van der Waals surface area contributed by atoms with Crippen LogP contribution in [0.2, 0.25) is 0 Å². The number of hydrogen-bond acceptors (Lipinski definition) is 3. The number of allylic oxidation sites excluding steroid dienone is 1. The van der Waals surface area contributed by atoms with Gasteiger partial charge < -0.3 is 9.47 Å². The maximum atomic E-state index is 11.3. The lowest BCUT2D eigenvalue weighted by atomic mass is 10.2. The van der Waals surface area contributed by atoms with Gasteiger partial charge in [-0.2, -0.15) is 0 Å². The predicted octanol–water partition coefficient (Wildman–Crippen LogP) is 3.10. The van der Waals surface area contributed by atoms with E-state index < -0.39 is 0 Å². The van der Waals surface area contributed by atoms with Crippen molar-refractivity contribution in [2.75, 3.05) is 0 Å². The highest BCUT2D eigenvalue weighted by molar-refractivity contribution is 5.82. The number of hydrogen-bond donors (Lipinski definition) is 0. The zero-order chi connectivity index (χ0) is 14.3. The van der Waals surface area contributed by atoms with Crippen molar-refractivity contribution in [1.82, 2.24) is 0 Å². The first-order chi connectivity index (χ1) is 9.01. The molecule has 0 spiro atoms. The number of esters is 1. The van der Waals surface area contributed by atoms with Crippen molar-refractivity contribution in [2.24, 2.45) is 0 Å². The van der Waals surface area contributed by atoms with Gasteiger partial charge in [0.25, 0.3) is 0 Å². The fourth-order valence-corrected chi connectivity index (χ4v) is 1.33. The van der Waals surface area contributed by atoms with Gasteiger partial charge in [0.2, 0.25) is 0 Å². The van der Waals surface area contributed by atoms with Crippen LogP contribution in [0.4, 0.5) is 0 Å². The summed E-state index contributed by atoms with van der Waals surface area (Å²) >= 11 is 0. The lowest BCUT2D eigenvalue weighted by molar-refractivity contribution is -0.139. The molecule has 1 rings (SSSR count). The SMILES string of the molecule is C#C[C@@H](C)Oc1ccc(COC(=O)C=C(C)C)cc1. The summed E-state index contributed by atoms with van der Waals surface area (Å²) in [6.07, 6.45) is 6.43. The first-order valence-corrected chi connectivity index (χ1v) is 6.04. The molecule has 0 aliphatic heterocycles. The summed E-state index contributed by atoms with van der Waals surface area (Å²) in [6, 6.07) is 7.29. The van der Waals surface area contributed by atoms with E-state index in [1.165, 1.54) is 6.08 Å². The second-order valence-corrected chi connectivity index (χ2v) is 4.40. The predicted molar refractivity (Wildman–Crippen MR) is 74.6 cm³/mol. The van der Waals surface area contributed by atoms with Crippen LogP contribution < -0.4 is 4.74 Å². The monoisotopic (exact) mass is 258 g/mol. The Bertz CT molecular complexity index is 488. The minimum atomic E-state index is -0.332. The van der Waals surface area contributed by atoms with Gasteiger partial charge >= 0.3 is 5.97 Å². The Balaban J connectivity index is 2.51. The maximum Gasteiger partial charge on any atom is 0.331 e. The van der Waals surface area contributed by atoms with E-state index in [1.807, 2.05) is 26.0 Å². The van der Waals surface area contributed by atoms with Gasteiger partial charge in [0.15, 0.2) is 6.10 Å². The van der Waals surface area contributed by atoms with E-state index in [4.69, 9.17) is 15.9 Å². The third-order valence-corrected chi connectivity index (χ3v) is 2.26. The summed E-state index contributed by atoms with van der Waals surface area (Å²) in [5.41, 5.74) is 1.81. The smallest absolute Gasteiger partial charge is 0.331 e. The summed E-state index contributed by atoms with van der Waals surface area (Å²) in [5.74, 6) is 2.86. The number of carbonyl (C=O) groups excluding carboxylic acids is 1. The van der Waals surface area contributed by atoms with E-state index in [0.29, 0.717) is 5.75 Å². The van der Waals surface area contributed by atoms with Gasteiger partial charge in [-0.1, -0.05) is 23.6 Å². The minimum absolute atomic E-state index is 0.244. The molecule has 19 heavy (non-hydrogen) atoms. The molecule has 0 aliphatic carbocycles. The van der Waals surface area contributed by atoms with E-state index >= 15 is 0 Å². The summed E-state index contributed by atoms with van der Waals surface area (Å²) < 4.78 is 10.5. The van der Waals surface area contributed by atoms with E-state index in [9.17, 15) is 4.79 Å². The molecule has 0 heterocycles. The summed E-state index contributed by atoms with van der Waals surface area (Å²) in [7, 11) is 0. The van der Waals surface area contributed by atoms with Crippen LogP contribution >= 0.6 is 0 Å². The van der Waals surface area contributed by atoms with Crippen LogP contribution in [0.25, 0.3) is 0 Å². The van der Waals surface area contributed by atoms with Crippen LogP contribution in [-0.2, 0) is 16.1 Å². The third-order valence-electron chi connectivity index (χ3n) is 2.26. The molecule has 0 amide bonds. The molecular weight excluding hydrogens is 240 g/mol. The lowest BCUT2D eigenvalue weighted by Crippen LogP contribution is -2.08. The van der Waals surface area contributed by atoms with E-state index in [-0.39, 0.29) is 18.7 Å². The molecule has 0 N–H and O–H groups in total. The average Bonchev–Trinajstić information content (AvgIpc) is 2.37. The summed E-state index contributed by atoms with van der Waals surface area (Å²) in [6.45, 7) is 5.74. The van der Waals surface area contributed by atoms with E-state index in [1.54, 1.807) is 19.1 Å². The van der Waals surface area contributed by atoms with Crippen molar-refractivity contribution in [1.29, 1.82) is 0 Å².